The Morgan fingerprint density at radius 2 is 2.00 bits per heavy atom. The zero-order valence-corrected chi connectivity index (χ0v) is 16.9. The van der Waals surface area contributed by atoms with Gasteiger partial charge in [0.2, 0.25) is 0 Å². The lowest BCUT2D eigenvalue weighted by Gasteiger charge is -2.11. The third kappa shape index (κ3) is 4.95. The van der Waals surface area contributed by atoms with Crippen LogP contribution in [0.25, 0.3) is 6.08 Å². The van der Waals surface area contributed by atoms with Crippen LogP contribution in [0.4, 0.5) is 0 Å². The van der Waals surface area contributed by atoms with Crippen LogP contribution in [0.3, 0.4) is 0 Å². The highest BCUT2D eigenvalue weighted by Crippen LogP contribution is 2.19. The van der Waals surface area contributed by atoms with Crippen molar-refractivity contribution in [2.24, 2.45) is 0 Å². The van der Waals surface area contributed by atoms with Crippen molar-refractivity contribution in [2.45, 2.75) is 53.0 Å². The minimum atomic E-state index is 0.886. The third-order valence-electron chi connectivity index (χ3n) is 4.61. The molecular weight excluding hydrogens is 336 g/mol. The lowest BCUT2D eigenvalue weighted by atomic mass is 10.1. The van der Waals surface area contributed by atoms with Gasteiger partial charge in [-0.25, -0.2) is 4.98 Å². The zero-order chi connectivity index (χ0) is 18.4. The molecule has 0 bridgehead atoms. The van der Waals surface area contributed by atoms with Gasteiger partial charge in [-0.1, -0.05) is 54.8 Å². The summed E-state index contributed by atoms with van der Waals surface area (Å²) in [5, 5.41) is 2.15. The van der Waals surface area contributed by atoms with Gasteiger partial charge in [0.25, 0.3) is 0 Å². The number of thiophene rings is 1. The number of imidazole rings is 1. The molecule has 0 saturated carbocycles. The van der Waals surface area contributed by atoms with Gasteiger partial charge >= 0.3 is 0 Å². The standard InChI is InChI=1S/C23H28N2S/c1-4-5-8-23-24-16-21(14-19(3)15-22-7-6-13-26-22)25(23)17-20-11-9-18(2)10-12-20/h6-7,9-14,16H,4-5,8,15,17H2,1-3H3/b19-14-. The van der Waals surface area contributed by atoms with E-state index in [1.54, 1.807) is 0 Å². The van der Waals surface area contributed by atoms with Crippen LogP contribution in [0.5, 0.6) is 0 Å². The van der Waals surface area contributed by atoms with Crippen LogP contribution in [0.15, 0.2) is 53.5 Å². The molecule has 2 aromatic heterocycles. The summed E-state index contributed by atoms with van der Waals surface area (Å²) in [7, 11) is 0. The SMILES string of the molecule is CCCCc1ncc(/C=C(/C)Cc2cccs2)n1Cc1ccc(C)cc1. The maximum atomic E-state index is 4.74. The minimum absolute atomic E-state index is 0.886. The summed E-state index contributed by atoms with van der Waals surface area (Å²) < 4.78 is 2.39. The summed E-state index contributed by atoms with van der Waals surface area (Å²) in [6, 6.07) is 13.2. The molecule has 1 aromatic carbocycles. The monoisotopic (exact) mass is 364 g/mol. The van der Waals surface area contributed by atoms with Gasteiger partial charge in [0.1, 0.15) is 5.82 Å². The normalized spacial score (nSPS) is 11.9. The van der Waals surface area contributed by atoms with E-state index in [4.69, 9.17) is 4.98 Å². The summed E-state index contributed by atoms with van der Waals surface area (Å²) in [5.74, 6) is 1.20. The van der Waals surface area contributed by atoms with E-state index in [9.17, 15) is 0 Å². The first-order valence-electron chi connectivity index (χ1n) is 9.45. The van der Waals surface area contributed by atoms with Crippen LogP contribution in [0.1, 0.15) is 54.2 Å². The number of aromatic nitrogens is 2. The number of hydrogen-bond acceptors (Lipinski definition) is 2. The molecule has 0 spiro atoms. The van der Waals surface area contributed by atoms with Crippen molar-refractivity contribution < 1.29 is 0 Å². The number of allylic oxidation sites excluding steroid dienone is 1. The van der Waals surface area contributed by atoms with Crippen molar-refractivity contribution in [1.82, 2.24) is 9.55 Å². The molecule has 0 aliphatic heterocycles. The van der Waals surface area contributed by atoms with E-state index < -0.39 is 0 Å². The maximum Gasteiger partial charge on any atom is 0.109 e. The first-order chi connectivity index (χ1) is 12.7. The Labute approximate surface area is 161 Å². The topological polar surface area (TPSA) is 17.8 Å². The molecule has 0 aliphatic carbocycles. The predicted octanol–water partition coefficient (Wildman–Crippen LogP) is 6.29. The maximum absolute atomic E-state index is 4.74. The average Bonchev–Trinajstić information content (AvgIpc) is 3.26. The molecule has 0 N–H and O–H groups in total. The van der Waals surface area contributed by atoms with Gasteiger partial charge in [-0.05, 0) is 43.4 Å². The van der Waals surface area contributed by atoms with E-state index in [0.29, 0.717) is 0 Å². The van der Waals surface area contributed by atoms with Crippen molar-refractivity contribution in [3.63, 3.8) is 0 Å². The first-order valence-corrected chi connectivity index (χ1v) is 10.3. The summed E-state index contributed by atoms with van der Waals surface area (Å²) in [6.07, 6.45) is 8.77. The highest BCUT2D eigenvalue weighted by atomic mass is 32.1. The lowest BCUT2D eigenvalue weighted by Crippen LogP contribution is -2.07. The van der Waals surface area contributed by atoms with Gasteiger partial charge in [-0.3, -0.25) is 0 Å². The van der Waals surface area contributed by atoms with Crippen molar-refractivity contribution in [3.05, 3.63) is 81.1 Å². The molecule has 0 atom stereocenters. The molecule has 3 rings (SSSR count). The van der Waals surface area contributed by atoms with Gasteiger partial charge < -0.3 is 4.57 Å². The van der Waals surface area contributed by atoms with Crippen molar-refractivity contribution in [2.75, 3.05) is 0 Å². The van der Waals surface area contributed by atoms with Crippen LogP contribution in [-0.4, -0.2) is 9.55 Å². The number of unbranched alkanes of at least 4 members (excludes halogenated alkanes) is 1. The number of nitrogens with zero attached hydrogens (tertiary/aromatic N) is 2. The van der Waals surface area contributed by atoms with Crippen molar-refractivity contribution in [1.29, 1.82) is 0 Å². The van der Waals surface area contributed by atoms with Crippen LogP contribution in [-0.2, 0) is 19.4 Å². The fourth-order valence-electron chi connectivity index (χ4n) is 3.13. The second-order valence-electron chi connectivity index (χ2n) is 7.02. The molecule has 26 heavy (non-hydrogen) atoms. The van der Waals surface area contributed by atoms with Gasteiger partial charge in [-0.2, -0.15) is 0 Å². The Morgan fingerprint density at radius 1 is 1.19 bits per heavy atom. The summed E-state index contributed by atoms with van der Waals surface area (Å²) in [6.45, 7) is 7.47. The molecule has 2 nitrogen and oxygen atoms in total. The highest BCUT2D eigenvalue weighted by molar-refractivity contribution is 7.09. The molecule has 0 unspecified atom stereocenters. The summed E-state index contributed by atoms with van der Waals surface area (Å²) in [5.41, 5.74) is 5.22. The van der Waals surface area contributed by atoms with Gasteiger partial charge in [0.15, 0.2) is 0 Å². The molecular formula is C23H28N2S. The molecule has 136 valence electrons. The smallest absolute Gasteiger partial charge is 0.109 e. The largest absolute Gasteiger partial charge is 0.324 e. The summed E-state index contributed by atoms with van der Waals surface area (Å²) in [4.78, 5) is 6.15. The average molecular weight is 365 g/mol. The number of hydrogen-bond donors (Lipinski definition) is 0. The molecule has 0 aliphatic rings. The minimum Gasteiger partial charge on any atom is -0.324 e. The molecule has 0 fully saturated rings. The van der Waals surface area contributed by atoms with Crippen LogP contribution in [0, 0.1) is 6.92 Å². The number of rotatable bonds is 8. The van der Waals surface area contributed by atoms with E-state index in [1.165, 1.54) is 45.9 Å². The molecule has 2 heterocycles. The highest BCUT2D eigenvalue weighted by Gasteiger charge is 2.09. The van der Waals surface area contributed by atoms with Crippen LogP contribution in [0.2, 0.25) is 0 Å². The van der Waals surface area contributed by atoms with Crippen LogP contribution >= 0.6 is 11.3 Å². The van der Waals surface area contributed by atoms with Gasteiger partial charge in [0.05, 0.1) is 11.9 Å². The van der Waals surface area contributed by atoms with E-state index in [0.717, 1.165) is 19.4 Å². The van der Waals surface area contributed by atoms with E-state index in [2.05, 4.69) is 73.2 Å². The number of benzene rings is 1. The Hall–Kier alpha value is -2.13. The fourth-order valence-corrected chi connectivity index (χ4v) is 3.93. The van der Waals surface area contributed by atoms with E-state index >= 15 is 0 Å². The summed E-state index contributed by atoms with van der Waals surface area (Å²) >= 11 is 1.82. The molecule has 0 radical (unpaired) electrons. The van der Waals surface area contributed by atoms with E-state index in [1.807, 2.05) is 17.5 Å². The molecule has 0 amide bonds. The van der Waals surface area contributed by atoms with E-state index in [-0.39, 0.29) is 0 Å². The Bertz CT molecular complexity index is 839. The first kappa shape index (κ1) is 18.7. The Balaban J connectivity index is 1.86. The molecule has 0 saturated heterocycles. The molecule has 3 aromatic rings. The predicted molar refractivity (Wildman–Crippen MR) is 113 cm³/mol. The van der Waals surface area contributed by atoms with Gasteiger partial charge in [-0.15, -0.1) is 11.3 Å². The van der Waals surface area contributed by atoms with Crippen LogP contribution < -0.4 is 0 Å². The lowest BCUT2D eigenvalue weighted by molar-refractivity contribution is 0.674. The third-order valence-corrected chi connectivity index (χ3v) is 5.49. The Kier molecular flexibility index (Phi) is 6.45. The number of aryl methyl sites for hydroxylation is 2. The fraction of sp³-hybridized carbons (Fsp3) is 0.348. The Morgan fingerprint density at radius 3 is 2.69 bits per heavy atom. The quantitative estimate of drug-likeness (QED) is 0.459. The zero-order valence-electron chi connectivity index (χ0n) is 16.0. The van der Waals surface area contributed by atoms with Crippen molar-refractivity contribution >= 4 is 17.4 Å². The van der Waals surface area contributed by atoms with Crippen molar-refractivity contribution in [3.8, 4) is 0 Å². The van der Waals surface area contributed by atoms with Gasteiger partial charge in [0, 0.05) is 24.3 Å². The second kappa shape index (κ2) is 9.00. The molecule has 3 heteroatoms. The second-order valence-corrected chi connectivity index (χ2v) is 8.05.